The topological polar surface area (TPSA) is 75.7 Å². The molecule has 0 aliphatic rings. The molecule has 7 heteroatoms. The predicted molar refractivity (Wildman–Crippen MR) is 78.5 cm³/mol. The molecule has 0 saturated carbocycles. The Morgan fingerprint density at radius 2 is 2.05 bits per heavy atom. The SMILES string of the molecule is COc1cccc(N(CC(=O)NC(C)C)S(C)(=O)=O)c1. The maximum Gasteiger partial charge on any atom is 0.240 e. The van der Waals surface area contributed by atoms with Crippen molar-refractivity contribution in [1.82, 2.24) is 5.32 Å². The summed E-state index contributed by atoms with van der Waals surface area (Å²) < 4.78 is 29.8. The lowest BCUT2D eigenvalue weighted by molar-refractivity contribution is -0.120. The number of carbonyl (C=O) groups is 1. The van der Waals surface area contributed by atoms with Crippen molar-refractivity contribution in [2.24, 2.45) is 0 Å². The molecule has 0 unspecified atom stereocenters. The number of rotatable bonds is 6. The smallest absolute Gasteiger partial charge is 0.240 e. The molecule has 0 spiro atoms. The van der Waals surface area contributed by atoms with Crippen molar-refractivity contribution in [2.75, 3.05) is 24.2 Å². The van der Waals surface area contributed by atoms with Gasteiger partial charge in [0.15, 0.2) is 0 Å². The van der Waals surface area contributed by atoms with Gasteiger partial charge in [0.05, 0.1) is 19.1 Å². The van der Waals surface area contributed by atoms with E-state index in [0.29, 0.717) is 11.4 Å². The molecular formula is C13H20N2O4S. The lowest BCUT2D eigenvalue weighted by Crippen LogP contribution is -2.42. The summed E-state index contributed by atoms with van der Waals surface area (Å²) in [6, 6.07) is 6.52. The molecule has 0 fully saturated rings. The number of nitrogens with one attached hydrogen (secondary N) is 1. The van der Waals surface area contributed by atoms with E-state index < -0.39 is 10.0 Å². The molecule has 1 aromatic carbocycles. The highest BCUT2D eigenvalue weighted by Crippen LogP contribution is 2.22. The van der Waals surface area contributed by atoms with Crippen molar-refractivity contribution in [2.45, 2.75) is 19.9 Å². The standard InChI is InChI=1S/C13H20N2O4S/c1-10(2)14-13(16)9-15(20(4,17)18)11-6-5-7-12(8-11)19-3/h5-8,10H,9H2,1-4H3,(H,14,16). The van der Waals surface area contributed by atoms with Crippen molar-refractivity contribution < 1.29 is 17.9 Å². The van der Waals surface area contributed by atoms with Crippen molar-refractivity contribution in [3.63, 3.8) is 0 Å². The molecule has 1 N–H and O–H groups in total. The van der Waals surface area contributed by atoms with Gasteiger partial charge in [-0.1, -0.05) is 6.07 Å². The number of hydrogen-bond acceptors (Lipinski definition) is 4. The lowest BCUT2D eigenvalue weighted by Gasteiger charge is -2.22. The van der Waals surface area contributed by atoms with Gasteiger partial charge in [-0.25, -0.2) is 8.42 Å². The van der Waals surface area contributed by atoms with Gasteiger partial charge in [0.2, 0.25) is 15.9 Å². The number of hydrogen-bond donors (Lipinski definition) is 1. The highest BCUT2D eigenvalue weighted by Gasteiger charge is 2.21. The van der Waals surface area contributed by atoms with Crippen LogP contribution in [0.1, 0.15) is 13.8 Å². The van der Waals surface area contributed by atoms with Crippen LogP contribution in [0.2, 0.25) is 0 Å². The van der Waals surface area contributed by atoms with Crippen molar-refractivity contribution >= 4 is 21.6 Å². The predicted octanol–water partition coefficient (Wildman–Crippen LogP) is 0.986. The van der Waals surface area contributed by atoms with Gasteiger partial charge >= 0.3 is 0 Å². The number of ether oxygens (including phenoxy) is 1. The first-order valence-electron chi connectivity index (χ1n) is 6.15. The van der Waals surface area contributed by atoms with Crippen LogP contribution in [0.5, 0.6) is 5.75 Å². The van der Waals surface area contributed by atoms with Gasteiger partial charge in [0.25, 0.3) is 0 Å². The molecule has 0 bridgehead atoms. The molecule has 0 aliphatic heterocycles. The second kappa shape index (κ2) is 6.60. The van der Waals surface area contributed by atoms with Crippen LogP contribution in [-0.4, -0.2) is 40.3 Å². The molecule has 6 nitrogen and oxygen atoms in total. The van der Waals surface area contributed by atoms with Gasteiger partial charge in [-0.2, -0.15) is 0 Å². The van der Waals surface area contributed by atoms with E-state index in [1.165, 1.54) is 7.11 Å². The normalized spacial score (nSPS) is 11.2. The minimum absolute atomic E-state index is 0.0470. The third-order valence-electron chi connectivity index (χ3n) is 2.48. The first-order chi connectivity index (χ1) is 9.24. The maximum absolute atomic E-state index is 11.9. The van der Waals surface area contributed by atoms with Crippen molar-refractivity contribution in [3.8, 4) is 5.75 Å². The molecule has 0 aromatic heterocycles. The molecule has 20 heavy (non-hydrogen) atoms. The van der Waals surface area contributed by atoms with Gasteiger partial charge in [-0.05, 0) is 26.0 Å². The summed E-state index contributed by atoms with van der Waals surface area (Å²) in [7, 11) is -2.06. The summed E-state index contributed by atoms with van der Waals surface area (Å²) in [6.45, 7) is 3.37. The van der Waals surface area contributed by atoms with Gasteiger partial charge in [-0.3, -0.25) is 9.10 Å². The zero-order valence-electron chi connectivity index (χ0n) is 12.1. The van der Waals surface area contributed by atoms with Crippen LogP contribution in [0.25, 0.3) is 0 Å². The Morgan fingerprint density at radius 3 is 2.55 bits per heavy atom. The average Bonchev–Trinajstić information content (AvgIpc) is 2.34. The monoisotopic (exact) mass is 300 g/mol. The quantitative estimate of drug-likeness (QED) is 0.850. The summed E-state index contributed by atoms with van der Waals surface area (Å²) >= 11 is 0. The van der Waals surface area contributed by atoms with E-state index in [2.05, 4.69) is 5.32 Å². The molecule has 1 aromatic rings. The number of methoxy groups -OCH3 is 1. The minimum Gasteiger partial charge on any atom is -0.497 e. The fourth-order valence-corrected chi connectivity index (χ4v) is 2.51. The average molecular weight is 300 g/mol. The number of anilines is 1. The molecule has 1 rings (SSSR count). The molecule has 1 amide bonds. The van der Waals surface area contributed by atoms with E-state index in [4.69, 9.17) is 4.74 Å². The summed E-state index contributed by atoms with van der Waals surface area (Å²) in [5.41, 5.74) is 0.394. The Bertz CT molecular complexity index is 569. The number of amides is 1. The van der Waals surface area contributed by atoms with Crippen LogP contribution in [0.4, 0.5) is 5.69 Å². The summed E-state index contributed by atoms with van der Waals surface area (Å²) in [5.74, 6) is 0.175. The Labute approximate surface area is 119 Å². The van der Waals surface area contributed by atoms with E-state index in [-0.39, 0.29) is 18.5 Å². The summed E-state index contributed by atoms with van der Waals surface area (Å²) in [4.78, 5) is 11.8. The fraction of sp³-hybridized carbons (Fsp3) is 0.462. The van der Waals surface area contributed by atoms with Gasteiger partial charge in [0, 0.05) is 12.1 Å². The largest absolute Gasteiger partial charge is 0.497 e. The zero-order valence-corrected chi connectivity index (χ0v) is 12.9. The fourth-order valence-electron chi connectivity index (χ4n) is 1.66. The zero-order chi connectivity index (χ0) is 15.3. The summed E-state index contributed by atoms with van der Waals surface area (Å²) in [5, 5.41) is 2.67. The molecular weight excluding hydrogens is 280 g/mol. The van der Waals surface area contributed by atoms with E-state index in [1.54, 1.807) is 24.3 Å². The van der Waals surface area contributed by atoms with Crippen LogP contribution in [0, 0.1) is 0 Å². The van der Waals surface area contributed by atoms with E-state index in [1.807, 2.05) is 13.8 Å². The molecule has 0 aliphatic carbocycles. The van der Waals surface area contributed by atoms with Crippen LogP contribution < -0.4 is 14.4 Å². The van der Waals surface area contributed by atoms with Crippen molar-refractivity contribution in [1.29, 1.82) is 0 Å². The van der Waals surface area contributed by atoms with Gasteiger partial charge in [0.1, 0.15) is 12.3 Å². The maximum atomic E-state index is 11.9. The van der Waals surface area contributed by atoms with E-state index >= 15 is 0 Å². The van der Waals surface area contributed by atoms with E-state index in [0.717, 1.165) is 10.6 Å². The van der Waals surface area contributed by atoms with Crippen LogP contribution >= 0.6 is 0 Å². The van der Waals surface area contributed by atoms with E-state index in [9.17, 15) is 13.2 Å². The first kappa shape index (κ1) is 16.3. The molecule has 0 saturated heterocycles. The van der Waals surface area contributed by atoms with Crippen molar-refractivity contribution in [3.05, 3.63) is 24.3 Å². The first-order valence-corrected chi connectivity index (χ1v) is 8.00. The molecule has 112 valence electrons. The number of nitrogens with zero attached hydrogens (tertiary/aromatic N) is 1. The Hall–Kier alpha value is -1.76. The number of benzene rings is 1. The molecule has 0 atom stereocenters. The Balaban J connectivity index is 3.04. The molecule has 0 heterocycles. The number of sulfonamides is 1. The third-order valence-corrected chi connectivity index (χ3v) is 3.62. The Morgan fingerprint density at radius 1 is 1.40 bits per heavy atom. The third kappa shape index (κ3) is 4.73. The second-order valence-corrected chi connectivity index (χ2v) is 6.60. The Kier molecular flexibility index (Phi) is 5.38. The van der Waals surface area contributed by atoms with Gasteiger partial charge in [-0.15, -0.1) is 0 Å². The highest BCUT2D eigenvalue weighted by molar-refractivity contribution is 7.92. The van der Waals surface area contributed by atoms with Crippen LogP contribution in [-0.2, 0) is 14.8 Å². The lowest BCUT2D eigenvalue weighted by atomic mass is 10.3. The second-order valence-electron chi connectivity index (χ2n) is 4.69. The van der Waals surface area contributed by atoms with Gasteiger partial charge < -0.3 is 10.1 Å². The molecule has 0 radical (unpaired) electrons. The summed E-state index contributed by atoms with van der Waals surface area (Å²) in [6.07, 6.45) is 1.06. The van der Waals surface area contributed by atoms with Crippen LogP contribution in [0.3, 0.4) is 0 Å². The highest BCUT2D eigenvalue weighted by atomic mass is 32.2. The minimum atomic E-state index is -3.56. The number of carbonyl (C=O) groups excluding carboxylic acids is 1. The van der Waals surface area contributed by atoms with Crippen LogP contribution in [0.15, 0.2) is 24.3 Å².